The van der Waals surface area contributed by atoms with E-state index in [4.69, 9.17) is 20.0 Å². The molecule has 4 fully saturated rings. The van der Waals surface area contributed by atoms with Gasteiger partial charge in [-0.3, -0.25) is 9.88 Å². The van der Waals surface area contributed by atoms with Crippen LogP contribution in [0.2, 0.25) is 0 Å². The lowest BCUT2D eigenvalue weighted by Gasteiger charge is -2.31. The number of aromatic nitrogens is 3. The first kappa shape index (κ1) is 25.2. The third kappa shape index (κ3) is 4.42. The molecule has 1 aliphatic carbocycles. The molecule has 4 aliphatic rings. The van der Waals surface area contributed by atoms with Gasteiger partial charge in [0.05, 0.1) is 39.9 Å². The molecular weight excluding hydrogens is 593 g/mol. The molecule has 0 N–H and O–H groups in total. The van der Waals surface area contributed by atoms with Crippen LogP contribution in [0, 0.1) is 35.7 Å². The molecule has 12 heteroatoms. The van der Waals surface area contributed by atoms with Gasteiger partial charge in [0.1, 0.15) is 35.9 Å². The number of hydrogen-bond donors (Lipinski definition) is 0. The molecule has 3 aliphatic heterocycles. The zero-order chi connectivity index (χ0) is 33.7. The minimum atomic E-state index is -2.52. The van der Waals surface area contributed by atoms with Crippen molar-refractivity contribution in [3.63, 3.8) is 0 Å². The third-order valence-corrected chi connectivity index (χ3v) is 9.33. The van der Waals surface area contributed by atoms with Crippen LogP contribution < -0.4 is 9.64 Å². The van der Waals surface area contributed by atoms with Crippen LogP contribution in [0.1, 0.15) is 28.9 Å². The first-order chi connectivity index (χ1) is 22.9. The summed E-state index contributed by atoms with van der Waals surface area (Å²) in [7, 11) is 0. The quantitative estimate of drug-likeness (QED) is 0.219. The standard InChI is InChI=1S/C33H28F5N5O2/c1-2-19-24-17(11-23(35)25(19)36)5-3-6-20(24)28-27(38)29-21(13-39-28)31(43-9-10-44-15-22-26(37)30(22)43)41-32(40-29)45-16-33-7-4-8-42(33)14-18(34)12-33/h1,3,5-6,11,13,18,22,26,30H,4,7-10,12,14-16H2/t18-,22+,26+,30+,33+/m1/s1/i16D2,26D. The number of terminal acetylenes is 1. The maximum Gasteiger partial charge on any atom is 0.319 e. The van der Waals surface area contributed by atoms with Crippen molar-refractivity contribution in [2.45, 2.75) is 43.2 Å². The Labute approximate surface area is 259 Å². The molecule has 8 rings (SSSR count). The third-order valence-electron chi connectivity index (χ3n) is 9.33. The lowest BCUT2D eigenvalue weighted by molar-refractivity contribution is 0.107. The van der Waals surface area contributed by atoms with E-state index in [0.29, 0.717) is 19.4 Å². The molecule has 0 amide bonds. The van der Waals surface area contributed by atoms with Crippen LogP contribution in [0.15, 0.2) is 30.5 Å². The van der Waals surface area contributed by atoms with Gasteiger partial charge in [-0.05, 0) is 30.8 Å². The van der Waals surface area contributed by atoms with Gasteiger partial charge in [0.2, 0.25) is 0 Å². The van der Waals surface area contributed by atoms with E-state index in [9.17, 15) is 13.2 Å². The zero-order valence-electron chi connectivity index (χ0n) is 26.8. The van der Waals surface area contributed by atoms with Crippen LogP contribution in [0.25, 0.3) is 32.9 Å². The van der Waals surface area contributed by atoms with Crippen LogP contribution in [-0.2, 0) is 4.74 Å². The van der Waals surface area contributed by atoms with Crippen LogP contribution in [0.3, 0.4) is 0 Å². The van der Waals surface area contributed by atoms with Crippen molar-refractivity contribution >= 4 is 27.5 Å². The molecule has 0 spiro atoms. The number of hydrogen-bond acceptors (Lipinski definition) is 7. The molecule has 1 saturated carbocycles. The Morgan fingerprint density at radius 2 is 2.07 bits per heavy atom. The number of rotatable bonds is 5. The summed E-state index contributed by atoms with van der Waals surface area (Å²) in [6, 6.07) is 3.77. The number of pyridine rings is 1. The summed E-state index contributed by atoms with van der Waals surface area (Å²) in [6.07, 6.45) is 3.96. The molecule has 5 atom stereocenters. The van der Waals surface area contributed by atoms with Gasteiger partial charge in [-0.1, -0.05) is 24.1 Å². The summed E-state index contributed by atoms with van der Waals surface area (Å²) in [6.45, 7) is -1.80. The smallest absolute Gasteiger partial charge is 0.319 e. The Balaban J connectivity index is 1.32. The highest BCUT2D eigenvalue weighted by Crippen LogP contribution is 2.45. The molecule has 0 radical (unpaired) electrons. The van der Waals surface area contributed by atoms with Gasteiger partial charge >= 0.3 is 6.01 Å². The van der Waals surface area contributed by atoms with Crippen molar-refractivity contribution in [1.29, 1.82) is 0 Å². The van der Waals surface area contributed by atoms with Crippen molar-refractivity contribution in [3.05, 3.63) is 53.5 Å². The molecule has 2 aromatic carbocycles. The molecule has 5 heterocycles. The van der Waals surface area contributed by atoms with E-state index >= 15 is 8.78 Å². The summed E-state index contributed by atoms with van der Waals surface area (Å²) < 4.78 is 113. The van der Waals surface area contributed by atoms with Gasteiger partial charge < -0.3 is 14.4 Å². The van der Waals surface area contributed by atoms with E-state index in [2.05, 4.69) is 20.9 Å². The average molecular weight is 625 g/mol. The minimum Gasteiger partial charge on any atom is -0.461 e. The Hall–Kier alpha value is -4.08. The summed E-state index contributed by atoms with van der Waals surface area (Å²) in [4.78, 5) is 16.2. The number of anilines is 1. The number of benzene rings is 2. The first-order valence-electron chi connectivity index (χ1n) is 16.2. The van der Waals surface area contributed by atoms with Crippen LogP contribution >= 0.6 is 0 Å². The van der Waals surface area contributed by atoms with Gasteiger partial charge in [-0.15, -0.1) is 6.42 Å². The van der Waals surface area contributed by atoms with E-state index < -0.39 is 65.4 Å². The second-order valence-corrected chi connectivity index (χ2v) is 11.9. The highest BCUT2D eigenvalue weighted by atomic mass is 19.2. The second-order valence-electron chi connectivity index (χ2n) is 11.9. The number of fused-ring (bicyclic) bond motifs is 4. The fourth-order valence-corrected chi connectivity index (χ4v) is 7.16. The van der Waals surface area contributed by atoms with Crippen molar-refractivity contribution in [2.75, 3.05) is 44.3 Å². The minimum absolute atomic E-state index is 0.00694. The largest absolute Gasteiger partial charge is 0.461 e. The van der Waals surface area contributed by atoms with E-state index in [0.717, 1.165) is 6.07 Å². The van der Waals surface area contributed by atoms with E-state index in [1.54, 1.807) is 4.90 Å². The SMILES string of the molecule is [2H]C([2H])(Oc1nc(N2CCOC[C@@H]3[C@H]2[C@@]3([2H])F)c2cnc(-c3cccc4cc(F)c(F)c(C#C)c34)c(F)c2n1)[C@@]12CCCN1C[C@H](F)C2. The van der Waals surface area contributed by atoms with Gasteiger partial charge in [-0.25, -0.2) is 22.0 Å². The van der Waals surface area contributed by atoms with Gasteiger partial charge in [0.15, 0.2) is 17.5 Å². The molecular formula is C33H28F5N5O2. The van der Waals surface area contributed by atoms with E-state index in [-0.39, 0.29) is 71.5 Å². The maximum atomic E-state index is 16.8. The maximum absolute atomic E-state index is 16.8. The van der Waals surface area contributed by atoms with E-state index in [1.807, 2.05) is 0 Å². The van der Waals surface area contributed by atoms with E-state index in [1.165, 1.54) is 29.3 Å². The number of alkyl halides is 2. The summed E-state index contributed by atoms with van der Waals surface area (Å²) in [5, 5.41) is 0.243. The van der Waals surface area contributed by atoms with Crippen LogP contribution in [0.4, 0.5) is 27.8 Å². The molecule has 2 aromatic heterocycles. The van der Waals surface area contributed by atoms with Gasteiger partial charge in [0, 0.05) is 42.6 Å². The lowest BCUT2D eigenvalue weighted by Crippen LogP contribution is -2.43. The predicted molar refractivity (Wildman–Crippen MR) is 157 cm³/mol. The zero-order valence-corrected chi connectivity index (χ0v) is 23.8. The number of halogens is 5. The average Bonchev–Trinajstić information content (AvgIpc) is 3.22. The monoisotopic (exact) mass is 624 g/mol. The Bertz CT molecular complexity index is 2050. The molecule has 7 nitrogen and oxygen atoms in total. The van der Waals surface area contributed by atoms with Gasteiger partial charge in [0.25, 0.3) is 0 Å². The molecule has 0 unspecified atom stereocenters. The molecule has 0 bridgehead atoms. The molecule has 232 valence electrons. The van der Waals surface area contributed by atoms with Crippen LogP contribution in [-0.4, -0.2) is 83.2 Å². The lowest BCUT2D eigenvalue weighted by atomic mass is 9.95. The first-order valence-corrected chi connectivity index (χ1v) is 14.7. The topological polar surface area (TPSA) is 63.6 Å². The highest BCUT2D eigenvalue weighted by Gasteiger charge is 2.56. The van der Waals surface area contributed by atoms with Crippen molar-refractivity contribution in [2.24, 2.45) is 5.92 Å². The van der Waals surface area contributed by atoms with Gasteiger partial charge in [-0.2, -0.15) is 9.97 Å². The van der Waals surface area contributed by atoms with Crippen molar-refractivity contribution in [1.82, 2.24) is 19.9 Å². The summed E-state index contributed by atoms with van der Waals surface area (Å²) in [5.74, 6) is -2.22. The second kappa shape index (κ2) is 10.5. The molecule has 3 saturated heterocycles. The Kier molecular flexibility index (Phi) is 5.86. The fourth-order valence-electron chi connectivity index (χ4n) is 7.16. The summed E-state index contributed by atoms with van der Waals surface area (Å²) >= 11 is 0. The van der Waals surface area contributed by atoms with Crippen molar-refractivity contribution < 1.29 is 35.5 Å². The van der Waals surface area contributed by atoms with Crippen LogP contribution in [0.5, 0.6) is 6.01 Å². The van der Waals surface area contributed by atoms with Crippen molar-refractivity contribution in [3.8, 4) is 29.6 Å². The Morgan fingerprint density at radius 3 is 2.91 bits per heavy atom. The molecule has 45 heavy (non-hydrogen) atoms. The molecule has 4 aromatic rings. The summed E-state index contributed by atoms with van der Waals surface area (Å²) in [5.41, 5.74) is -2.41. The number of nitrogens with zero attached hydrogens (tertiary/aromatic N) is 5. The highest BCUT2D eigenvalue weighted by molar-refractivity contribution is 6.02. The Morgan fingerprint density at radius 1 is 1.20 bits per heavy atom. The fraction of sp³-hybridized carbons (Fsp3) is 0.424. The number of ether oxygens (including phenoxy) is 2. The predicted octanol–water partition coefficient (Wildman–Crippen LogP) is 5.37. The normalized spacial score (nSPS) is 30.7.